The molecule has 2 aromatic heterocycles. The highest BCUT2D eigenvalue weighted by atomic mass is 16.1. The summed E-state index contributed by atoms with van der Waals surface area (Å²) in [6, 6.07) is 16.0. The van der Waals surface area contributed by atoms with Crippen LogP contribution in [-0.4, -0.2) is 14.5 Å². The van der Waals surface area contributed by atoms with Crippen molar-refractivity contribution in [3.63, 3.8) is 0 Å². The average Bonchev–Trinajstić information content (AvgIpc) is 2.97. The van der Waals surface area contributed by atoms with E-state index in [9.17, 15) is 4.79 Å². The Hall–Kier alpha value is -3.59. The predicted octanol–water partition coefficient (Wildman–Crippen LogP) is 2.32. The number of aromatic amines is 1. The van der Waals surface area contributed by atoms with Crippen LogP contribution in [-0.2, 0) is 0 Å². The van der Waals surface area contributed by atoms with Gasteiger partial charge in [-0.3, -0.25) is 4.79 Å². The zero-order valence-electron chi connectivity index (χ0n) is 11.9. The van der Waals surface area contributed by atoms with Gasteiger partial charge in [-0.1, -0.05) is 18.2 Å². The number of H-pyrrole nitrogens is 1. The highest BCUT2D eigenvalue weighted by Crippen LogP contribution is 2.22. The number of aromatic nitrogens is 3. The minimum Gasteiger partial charge on any atom is -0.398 e. The largest absolute Gasteiger partial charge is 0.398 e. The van der Waals surface area contributed by atoms with E-state index in [1.165, 1.54) is 10.6 Å². The van der Waals surface area contributed by atoms with Gasteiger partial charge in [-0.25, -0.2) is 9.55 Å². The molecule has 0 aliphatic heterocycles. The number of benzene rings is 2. The van der Waals surface area contributed by atoms with Gasteiger partial charge < -0.3 is 10.7 Å². The van der Waals surface area contributed by atoms with E-state index >= 15 is 0 Å². The summed E-state index contributed by atoms with van der Waals surface area (Å²) in [5, 5.41) is 9.77. The van der Waals surface area contributed by atoms with Crippen molar-refractivity contribution in [2.24, 2.45) is 0 Å². The Morgan fingerprint density at radius 1 is 1.17 bits per heavy atom. The first-order valence-corrected chi connectivity index (χ1v) is 6.98. The molecule has 0 aliphatic carbocycles. The fourth-order valence-electron chi connectivity index (χ4n) is 2.70. The molecule has 0 saturated carbocycles. The Balaban J connectivity index is 2.07. The van der Waals surface area contributed by atoms with Gasteiger partial charge in [0.1, 0.15) is 0 Å². The Bertz CT molecular complexity index is 1160. The van der Waals surface area contributed by atoms with Crippen LogP contribution in [0.1, 0.15) is 5.56 Å². The Morgan fingerprint density at radius 2 is 2.00 bits per heavy atom. The van der Waals surface area contributed by atoms with Gasteiger partial charge in [0.2, 0.25) is 5.95 Å². The number of rotatable bonds is 1. The molecule has 0 aliphatic rings. The standard InChI is InChI=1S/C17H11N5O/c18-9-10-5-6-13-14(7-10)21-17(20-13)22-15-4-2-1-3-11(15)12(19)8-16(22)23/h1-8H,19H2,(H,20,21). The topological polar surface area (TPSA) is 100 Å². The number of nitrogen functional groups attached to an aromatic ring is 1. The zero-order chi connectivity index (χ0) is 16.0. The smallest absolute Gasteiger partial charge is 0.260 e. The van der Waals surface area contributed by atoms with Crippen molar-refractivity contribution in [1.29, 1.82) is 5.26 Å². The number of nitriles is 1. The molecule has 0 saturated heterocycles. The van der Waals surface area contributed by atoms with Crippen molar-refractivity contribution in [2.75, 3.05) is 5.73 Å². The second kappa shape index (κ2) is 4.71. The number of hydrogen-bond acceptors (Lipinski definition) is 4. The number of fused-ring (bicyclic) bond motifs is 2. The SMILES string of the molecule is N#Cc1ccc2nc(-n3c(=O)cc(N)c4ccccc43)[nH]c2c1. The van der Waals surface area contributed by atoms with E-state index in [-0.39, 0.29) is 5.56 Å². The summed E-state index contributed by atoms with van der Waals surface area (Å²) in [6.07, 6.45) is 0. The zero-order valence-corrected chi connectivity index (χ0v) is 11.9. The summed E-state index contributed by atoms with van der Waals surface area (Å²) in [6.45, 7) is 0. The number of imidazole rings is 1. The molecule has 23 heavy (non-hydrogen) atoms. The number of pyridine rings is 1. The molecule has 110 valence electrons. The van der Waals surface area contributed by atoms with Gasteiger partial charge in [0.25, 0.3) is 5.56 Å². The molecule has 0 bridgehead atoms. The highest BCUT2D eigenvalue weighted by Gasteiger charge is 2.12. The molecular formula is C17H11N5O. The molecule has 2 heterocycles. The molecular weight excluding hydrogens is 290 g/mol. The van der Waals surface area contributed by atoms with Crippen LogP contribution in [0.3, 0.4) is 0 Å². The van der Waals surface area contributed by atoms with E-state index in [0.717, 1.165) is 5.39 Å². The van der Waals surface area contributed by atoms with Crippen molar-refractivity contribution in [3.8, 4) is 12.0 Å². The summed E-state index contributed by atoms with van der Waals surface area (Å²) >= 11 is 0. The molecule has 0 amide bonds. The van der Waals surface area contributed by atoms with Gasteiger partial charge in [0, 0.05) is 17.1 Å². The molecule has 2 aromatic carbocycles. The second-order valence-corrected chi connectivity index (χ2v) is 5.19. The van der Waals surface area contributed by atoms with Gasteiger partial charge in [-0.15, -0.1) is 0 Å². The number of nitrogens with one attached hydrogen (secondary N) is 1. The molecule has 0 unspecified atom stereocenters. The van der Waals surface area contributed by atoms with Crippen molar-refractivity contribution in [2.45, 2.75) is 0 Å². The molecule has 6 nitrogen and oxygen atoms in total. The molecule has 3 N–H and O–H groups in total. The number of nitrogens with two attached hydrogens (primary N) is 1. The molecule has 0 atom stereocenters. The van der Waals surface area contributed by atoms with Crippen LogP contribution in [0, 0.1) is 11.3 Å². The van der Waals surface area contributed by atoms with Gasteiger partial charge in [-0.2, -0.15) is 5.26 Å². The molecule has 0 spiro atoms. The molecule has 0 radical (unpaired) electrons. The number of para-hydroxylation sites is 1. The fraction of sp³-hybridized carbons (Fsp3) is 0. The first-order chi connectivity index (χ1) is 11.2. The van der Waals surface area contributed by atoms with Gasteiger partial charge in [-0.05, 0) is 24.3 Å². The third-order valence-corrected chi connectivity index (χ3v) is 3.77. The first kappa shape index (κ1) is 13.1. The molecule has 4 aromatic rings. The van der Waals surface area contributed by atoms with Crippen LogP contribution >= 0.6 is 0 Å². The van der Waals surface area contributed by atoms with Crippen molar-refractivity contribution in [1.82, 2.24) is 14.5 Å². The van der Waals surface area contributed by atoms with Crippen molar-refractivity contribution >= 4 is 27.6 Å². The van der Waals surface area contributed by atoms with Crippen LogP contribution in [0.5, 0.6) is 0 Å². The number of hydrogen-bond donors (Lipinski definition) is 2. The Labute approximate surface area is 130 Å². The lowest BCUT2D eigenvalue weighted by atomic mass is 10.2. The Morgan fingerprint density at radius 3 is 2.83 bits per heavy atom. The first-order valence-electron chi connectivity index (χ1n) is 6.98. The van der Waals surface area contributed by atoms with E-state index in [0.29, 0.717) is 33.7 Å². The molecule has 4 rings (SSSR count). The van der Waals surface area contributed by atoms with Crippen LogP contribution < -0.4 is 11.3 Å². The normalized spacial score (nSPS) is 10.9. The van der Waals surface area contributed by atoms with E-state index in [1.807, 2.05) is 24.3 Å². The maximum atomic E-state index is 12.4. The van der Waals surface area contributed by atoms with E-state index in [2.05, 4.69) is 16.0 Å². The maximum Gasteiger partial charge on any atom is 0.260 e. The predicted molar refractivity (Wildman–Crippen MR) is 88.3 cm³/mol. The summed E-state index contributed by atoms with van der Waals surface area (Å²) in [7, 11) is 0. The van der Waals surface area contributed by atoms with Crippen LogP contribution in [0.4, 0.5) is 5.69 Å². The number of nitrogens with zero attached hydrogens (tertiary/aromatic N) is 3. The quantitative estimate of drug-likeness (QED) is 0.563. The fourth-order valence-corrected chi connectivity index (χ4v) is 2.70. The lowest BCUT2D eigenvalue weighted by Gasteiger charge is -2.08. The number of anilines is 1. The highest BCUT2D eigenvalue weighted by molar-refractivity contribution is 5.91. The summed E-state index contributed by atoms with van der Waals surface area (Å²) in [5.74, 6) is 0.399. The molecule has 6 heteroatoms. The van der Waals surface area contributed by atoms with Crippen LogP contribution in [0.15, 0.2) is 53.3 Å². The van der Waals surface area contributed by atoms with Gasteiger partial charge >= 0.3 is 0 Å². The van der Waals surface area contributed by atoms with E-state index in [4.69, 9.17) is 11.0 Å². The van der Waals surface area contributed by atoms with E-state index in [1.54, 1.807) is 18.2 Å². The average molecular weight is 301 g/mol. The monoisotopic (exact) mass is 301 g/mol. The summed E-state index contributed by atoms with van der Waals surface area (Å²) in [4.78, 5) is 20.0. The summed E-state index contributed by atoms with van der Waals surface area (Å²) in [5.41, 5.74) is 8.70. The van der Waals surface area contributed by atoms with E-state index < -0.39 is 0 Å². The lowest BCUT2D eigenvalue weighted by molar-refractivity contribution is 0.961. The minimum absolute atomic E-state index is 0.263. The second-order valence-electron chi connectivity index (χ2n) is 5.19. The third-order valence-electron chi connectivity index (χ3n) is 3.77. The van der Waals surface area contributed by atoms with Gasteiger partial charge in [0.15, 0.2) is 0 Å². The van der Waals surface area contributed by atoms with Gasteiger partial charge in [0.05, 0.1) is 28.2 Å². The minimum atomic E-state index is -0.263. The van der Waals surface area contributed by atoms with Crippen molar-refractivity contribution in [3.05, 3.63) is 64.4 Å². The van der Waals surface area contributed by atoms with Crippen LogP contribution in [0.25, 0.3) is 27.9 Å². The lowest BCUT2D eigenvalue weighted by Crippen LogP contribution is -2.19. The van der Waals surface area contributed by atoms with Crippen LogP contribution in [0.2, 0.25) is 0 Å². The Kier molecular flexibility index (Phi) is 2.68. The summed E-state index contributed by atoms with van der Waals surface area (Å²) < 4.78 is 1.48. The molecule has 0 fully saturated rings. The maximum absolute atomic E-state index is 12.4. The van der Waals surface area contributed by atoms with Crippen molar-refractivity contribution < 1.29 is 0 Å². The third kappa shape index (κ3) is 1.95.